The fourth-order valence-corrected chi connectivity index (χ4v) is 1.70. The van der Waals surface area contributed by atoms with Crippen molar-refractivity contribution in [1.82, 2.24) is 15.3 Å². The summed E-state index contributed by atoms with van der Waals surface area (Å²) in [6, 6.07) is 0.581. The van der Waals surface area contributed by atoms with Crippen LogP contribution in [0.5, 0.6) is 0 Å². The molecule has 1 aromatic rings. The van der Waals surface area contributed by atoms with Gasteiger partial charge in [-0.3, -0.25) is 9.97 Å². The molecule has 1 N–H and O–H groups in total. The highest BCUT2D eigenvalue weighted by Gasteiger charge is 2.11. The van der Waals surface area contributed by atoms with Crippen molar-refractivity contribution in [3.8, 4) is 0 Å². The second kappa shape index (κ2) is 6.51. The Hall–Kier alpha value is -0.960. The van der Waals surface area contributed by atoms with Gasteiger partial charge in [0.25, 0.3) is 0 Å². The van der Waals surface area contributed by atoms with Crippen LogP contribution in [0.3, 0.4) is 0 Å². The number of rotatable bonds is 6. The first-order valence-electron chi connectivity index (χ1n) is 5.72. The average Bonchev–Trinajstić information content (AvgIpc) is 2.25. The second-order valence-electron chi connectivity index (χ2n) is 4.14. The minimum Gasteiger partial charge on any atom is -0.314 e. The molecule has 15 heavy (non-hydrogen) atoms. The van der Waals surface area contributed by atoms with E-state index in [1.165, 1.54) is 0 Å². The van der Waals surface area contributed by atoms with Crippen molar-refractivity contribution in [2.24, 2.45) is 5.92 Å². The summed E-state index contributed by atoms with van der Waals surface area (Å²) in [5.74, 6) is 0.668. The van der Waals surface area contributed by atoms with Gasteiger partial charge in [-0.25, -0.2) is 0 Å². The highest BCUT2D eigenvalue weighted by Crippen LogP contribution is 2.09. The van der Waals surface area contributed by atoms with Crippen LogP contribution in [0.25, 0.3) is 0 Å². The smallest absolute Gasteiger partial charge is 0.0587 e. The number of aryl methyl sites for hydroxylation is 1. The molecule has 84 valence electrons. The summed E-state index contributed by atoms with van der Waals surface area (Å²) < 4.78 is 0. The zero-order valence-electron chi connectivity index (χ0n) is 9.90. The standard InChI is InChI=1S/C12H21N3/c1-4-14-12(10(2)3)6-5-11-9-13-7-8-15-11/h7-10,12,14H,4-6H2,1-3H3. The molecule has 3 heteroatoms. The first-order chi connectivity index (χ1) is 7.24. The van der Waals surface area contributed by atoms with E-state index in [2.05, 4.69) is 36.1 Å². The quantitative estimate of drug-likeness (QED) is 0.775. The summed E-state index contributed by atoms with van der Waals surface area (Å²) in [4.78, 5) is 8.35. The lowest BCUT2D eigenvalue weighted by molar-refractivity contribution is 0.384. The fourth-order valence-electron chi connectivity index (χ4n) is 1.70. The van der Waals surface area contributed by atoms with Crippen molar-refractivity contribution in [2.75, 3.05) is 6.54 Å². The Balaban J connectivity index is 2.40. The van der Waals surface area contributed by atoms with E-state index in [-0.39, 0.29) is 0 Å². The molecule has 0 aliphatic carbocycles. The van der Waals surface area contributed by atoms with Gasteiger partial charge in [0.15, 0.2) is 0 Å². The Morgan fingerprint density at radius 1 is 1.33 bits per heavy atom. The highest BCUT2D eigenvalue weighted by atomic mass is 14.9. The molecule has 0 fully saturated rings. The Morgan fingerprint density at radius 3 is 2.67 bits per heavy atom. The lowest BCUT2D eigenvalue weighted by atomic mass is 9.98. The number of nitrogens with zero attached hydrogens (tertiary/aromatic N) is 2. The van der Waals surface area contributed by atoms with E-state index in [4.69, 9.17) is 0 Å². The number of aromatic nitrogens is 2. The maximum atomic E-state index is 4.28. The van der Waals surface area contributed by atoms with Crippen LogP contribution in [-0.2, 0) is 6.42 Å². The number of hydrogen-bond acceptors (Lipinski definition) is 3. The maximum absolute atomic E-state index is 4.28. The lowest BCUT2D eigenvalue weighted by Gasteiger charge is -2.21. The van der Waals surface area contributed by atoms with Gasteiger partial charge >= 0.3 is 0 Å². The Kier molecular flexibility index (Phi) is 5.26. The maximum Gasteiger partial charge on any atom is 0.0587 e. The van der Waals surface area contributed by atoms with E-state index in [1.54, 1.807) is 12.4 Å². The molecule has 0 bridgehead atoms. The van der Waals surface area contributed by atoms with Crippen LogP contribution in [0.15, 0.2) is 18.6 Å². The van der Waals surface area contributed by atoms with Crippen LogP contribution in [0.2, 0.25) is 0 Å². The molecular formula is C12H21N3. The molecule has 0 radical (unpaired) electrons. The monoisotopic (exact) mass is 207 g/mol. The van der Waals surface area contributed by atoms with E-state index >= 15 is 0 Å². The zero-order chi connectivity index (χ0) is 11.1. The van der Waals surface area contributed by atoms with E-state index in [1.807, 2.05) is 6.20 Å². The van der Waals surface area contributed by atoms with Gasteiger partial charge in [-0.1, -0.05) is 20.8 Å². The van der Waals surface area contributed by atoms with Crippen molar-refractivity contribution in [3.05, 3.63) is 24.3 Å². The average molecular weight is 207 g/mol. The van der Waals surface area contributed by atoms with Gasteiger partial charge in [0, 0.05) is 24.6 Å². The minimum absolute atomic E-state index is 0.581. The summed E-state index contributed by atoms with van der Waals surface area (Å²) in [6.45, 7) is 7.69. The van der Waals surface area contributed by atoms with Crippen molar-refractivity contribution in [2.45, 2.75) is 39.7 Å². The summed E-state index contributed by atoms with van der Waals surface area (Å²) in [7, 11) is 0. The van der Waals surface area contributed by atoms with E-state index < -0.39 is 0 Å². The lowest BCUT2D eigenvalue weighted by Crippen LogP contribution is -2.34. The van der Waals surface area contributed by atoms with Gasteiger partial charge < -0.3 is 5.32 Å². The summed E-state index contributed by atoms with van der Waals surface area (Å²) in [5.41, 5.74) is 1.08. The molecule has 0 aromatic carbocycles. The molecule has 0 saturated heterocycles. The largest absolute Gasteiger partial charge is 0.314 e. The SMILES string of the molecule is CCNC(CCc1cnccn1)C(C)C. The Bertz CT molecular complexity index is 259. The number of nitrogens with one attached hydrogen (secondary N) is 1. The van der Waals surface area contributed by atoms with Gasteiger partial charge in [0.05, 0.1) is 5.69 Å². The van der Waals surface area contributed by atoms with Crippen LogP contribution in [0, 0.1) is 5.92 Å². The van der Waals surface area contributed by atoms with Gasteiger partial charge in [-0.05, 0) is 25.3 Å². The molecule has 1 heterocycles. The fraction of sp³-hybridized carbons (Fsp3) is 0.667. The predicted molar refractivity (Wildman–Crippen MR) is 62.7 cm³/mol. The third-order valence-corrected chi connectivity index (χ3v) is 2.60. The molecule has 0 saturated carbocycles. The molecular weight excluding hydrogens is 186 g/mol. The van der Waals surface area contributed by atoms with Crippen molar-refractivity contribution in [1.29, 1.82) is 0 Å². The summed E-state index contributed by atoms with van der Waals surface area (Å²) in [5, 5.41) is 3.50. The molecule has 1 rings (SSSR count). The molecule has 1 atom stereocenters. The first-order valence-corrected chi connectivity index (χ1v) is 5.72. The molecule has 0 spiro atoms. The van der Waals surface area contributed by atoms with Crippen molar-refractivity contribution < 1.29 is 0 Å². The predicted octanol–water partition coefficient (Wildman–Crippen LogP) is 2.04. The van der Waals surface area contributed by atoms with Gasteiger partial charge in [-0.15, -0.1) is 0 Å². The molecule has 3 nitrogen and oxygen atoms in total. The van der Waals surface area contributed by atoms with Crippen LogP contribution >= 0.6 is 0 Å². The van der Waals surface area contributed by atoms with E-state index in [0.717, 1.165) is 25.1 Å². The third-order valence-electron chi connectivity index (χ3n) is 2.60. The van der Waals surface area contributed by atoms with E-state index in [0.29, 0.717) is 12.0 Å². The minimum atomic E-state index is 0.581. The van der Waals surface area contributed by atoms with Crippen LogP contribution in [0.4, 0.5) is 0 Å². The molecule has 1 unspecified atom stereocenters. The molecule has 0 amide bonds. The summed E-state index contributed by atoms with van der Waals surface area (Å²) >= 11 is 0. The van der Waals surface area contributed by atoms with Crippen LogP contribution in [0.1, 0.15) is 32.9 Å². The topological polar surface area (TPSA) is 37.8 Å². The normalized spacial score (nSPS) is 13.1. The van der Waals surface area contributed by atoms with Crippen LogP contribution in [-0.4, -0.2) is 22.6 Å². The molecule has 0 aliphatic heterocycles. The first kappa shape index (κ1) is 12.1. The molecule has 0 aliphatic rings. The highest BCUT2D eigenvalue weighted by molar-refractivity contribution is 4.95. The Morgan fingerprint density at radius 2 is 2.13 bits per heavy atom. The zero-order valence-corrected chi connectivity index (χ0v) is 9.90. The van der Waals surface area contributed by atoms with Gasteiger partial charge in [0.1, 0.15) is 0 Å². The summed E-state index contributed by atoms with van der Waals surface area (Å²) in [6.07, 6.45) is 7.46. The third kappa shape index (κ3) is 4.38. The Labute approximate surface area is 92.3 Å². The van der Waals surface area contributed by atoms with Gasteiger partial charge in [-0.2, -0.15) is 0 Å². The number of hydrogen-bond donors (Lipinski definition) is 1. The van der Waals surface area contributed by atoms with E-state index in [9.17, 15) is 0 Å². The van der Waals surface area contributed by atoms with Gasteiger partial charge in [0.2, 0.25) is 0 Å². The van der Waals surface area contributed by atoms with Crippen molar-refractivity contribution >= 4 is 0 Å². The molecule has 1 aromatic heterocycles. The van der Waals surface area contributed by atoms with Crippen LogP contribution < -0.4 is 5.32 Å². The second-order valence-corrected chi connectivity index (χ2v) is 4.14. The van der Waals surface area contributed by atoms with Crippen molar-refractivity contribution in [3.63, 3.8) is 0 Å².